The van der Waals surface area contributed by atoms with Crippen LogP contribution in [-0.4, -0.2) is 9.78 Å². The van der Waals surface area contributed by atoms with Crippen molar-refractivity contribution >= 4 is 0 Å². The number of aromatic nitrogens is 2. The number of H-pyrrole nitrogens is 1. The topological polar surface area (TPSA) is 37.8 Å². The molecule has 1 aromatic carbocycles. The van der Waals surface area contributed by atoms with Gasteiger partial charge in [0.2, 0.25) is 0 Å². The molecule has 0 unspecified atom stereocenters. The van der Waals surface area contributed by atoms with Crippen LogP contribution in [0.4, 0.5) is 0 Å². The van der Waals surface area contributed by atoms with Gasteiger partial charge in [-0.1, -0.05) is 45.0 Å². The first-order valence-corrected chi connectivity index (χ1v) is 6.17. The minimum Gasteiger partial charge on any atom is -0.295 e. The van der Waals surface area contributed by atoms with Gasteiger partial charge in [0.25, 0.3) is 5.56 Å². The second-order valence-corrected chi connectivity index (χ2v) is 5.80. The Balaban J connectivity index is 2.47. The quantitative estimate of drug-likeness (QED) is 0.822. The Morgan fingerprint density at radius 1 is 1.11 bits per heavy atom. The van der Waals surface area contributed by atoms with E-state index < -0.39 is 0 Å². The zero-order valence-electron chi connectivity index (χ0n) is 11.7. The number of rotatable bonds is 1. The highest BCUT2D eigenvalue weighted by molar-refractivity contribution is 5.62. The molecule has 3 heteroatoms. The predicted molar refractivity (Wildman–Crippen MR) is 74.9 cm³/mol. The molecule has 1 N–H and O–H groups in total. The van der Waals surface area contributed by atoms with Crippen molar-refractivity contribution in [2.24, 2.45) is 7.05 Å². The number of nitrogens with one attached hydrogen (secondary N) is 1. The molecule has 0 fully saturated rings. The van der Waals surface area contributed by atoms with E-state index in [2.05, 4.69) is 50.1 Å². The molecule has 0 aliphatic rings. The van der Waals surface area contributed by atoms with Gasteiger partial charge in [-0.25, -0.2) is 0 Å². The maximum absolute atomic E-state index is 11.7. The average Bonchev–Trinajstić information content (AvgIpc) is 2.56. The maximum Gasteiger partial charge on any atom is 0.269 e. The predicted octanol–water partition coefficient (Wildman–Crippen LogP) is 2.99. The first-order chi connectivity index (χ1) is 8.30. The van der Waals surface area contributed by atoms with Gasteiger partial charge in [0.15, 0.2) is 0 Å². The molecule has 0 aliphatic heterocycles. The summed E-state index contributed by atoms with van der Waals surface area (Å²) in [7, 11) is 1.74. The first-order valence-electron chi connectivity index (χ1n) is 6.17. The van der Waals surface area contributed by atoms with E-state index in [1.54, 1.807) is 7.05 Å². The van der Waals surface area contributed by atoms with Crippen molar-refractivity contribution in [2.75, 3.05) is 0 Å². The SMILES string of the molecule is Cc1c(-c2ccc(C(C)(C)C)cc2)[nH]n(C)c1=O. The third-order valence-electron chi connectivity index (χ3n) is 3.32. The summed E-state index contributed by atoms with van der Waals surface area (Å²) in [5.74, 6) is 0. The molecule has 0 spiro atoms. The third-order valence-corrected chi connectivity index (χ3v) is 3.32. The number of aryl methyl sites for hydroxylation is 1. The number of hydrogen-bond donors (Lipinski definition) is 1. The number of hydrogen-bond acceptors (Lipinski definition) is 1. The lowest BCUT2D eigenvalue weighted by molar-refractivity contribution is 0.590. The highest BCUT2D eigenvalue weighted by Crippen LogP contribution is 2.25. The van der Waals surface area contributed by atoms with Gasteiger partial charge in [-0.15, -0.1) is 0 Å². The fourth-order valence-corrected chi connectivity index (χ4v) is 2.08. The molecule has 2 rings (SSSR count). The normalized spacial score (nSPS) is 11.8. The monoisotopic (exact) mass is 244 g/mol. The zero-order chi connectivity index (χ0) is 13.5. The minimum atomic E-state index is 0.0323. The first kappa shape index (κ1) is 12.7. The summed E-state index contributed by atoms with van der Waals surface area (Å²) in [6.45, 7) is 8.43. The Morgan fingerprint density at radius 2 is 1.67 bits per heavy atom. The van der Waals surface area contributed by atoms with Crippen molar-refractivity contribution in [3.63, 3.8) is 0 Å². The second-order valence-electron chi connectivity index (χ2n) is 5.80. The van der Waals surface area contributed by atoms with E-state index in [4.69, 9.17) is 0 Å². The second kappa shape index (κ2) is 4.16. The average molecular weight is 244 g/mol. The van der Waals surface area contributed by atoms with Gasteiger partial charge in [0.05, 0.1) is 5.69 Å². The summed E-state index contributed by atoms with van der Waals surface area (Å²) in [6, 6.07) is 8.39. The lowest BCUT2D eigenvalue weighted by Crippen LogP contribution is -2.12. The van der Waals surface area contributed by atoms with Crippen LogP contribution in [0, 0.1) is 6.92 Å². The van der Waals surface area contributed by atoms with Crippen LogP contribution < -0.4 is 5.56 Å². The van der Waals surface area contributed by atoms with Crippen LogP contribution in [0.1, 0.15) is 31.9 Å². The lowest BCUT2D eigenvalue weighted by Gasteiger charge is -2.19. The Kier molecular flexibility index (Phi) is 2.93. The molecule has 18 heavy (non-hydrogen) atoms. The van der Waals surface area contributed by atoms with E-state index in [1.165, 1.54) is 10.2 Å². The fraction of sp³-hybridized carbons (Fsp3) is 0.400. The van der Waals surface area contributed by atoms with E-state index in [-0.39, 0.29) is 11.0 Å². The standard InChI is InChI=1S/C15H20N2O/c1-10-13(16-17(5)14(10)18)11-6-8-12(9-7-11)15(2,3)4/h6-9,16H,1-5H3. The fourth-order valence-electron chi connectivity index (χ4n) is 2.08. The molecule has 0 saturated heterocycles. The Labute approximate surface area is 107 Å². The smallest absolute Gasteiger partial charge is 0.269 e. The number of aromatic amines is 1. The summed E-state index contributed by atoms with van der Waals surface area (Å²) in [5, 5.41) is 3.09. The molecule has 3 nitrogen and oxygen atoms in total. The van der Waals surface area contributed by atoms with Crippen LogP contribution in [-0.2, 0) is 12.5 Å². The summed E-state index contributed by atoms with van der Waals surface area (Å²) < 4.78 is 1.52. The van der Waals surface area contributed by atoms with E-state index in [9.17, 15) is 4.79 Å². The van der Waals surface area contributed by atoms with Crippen LogP contribution in [0.2, 0.25) is 0 Å². The number of benzene rings is 1. The van der Waals surface area contributed by atoms with Crippen LogP contribution in [0.3, 0.4) is 0 Å². The highest BCUT2D eigenvalue weighted by Gasteiger charge is 2.14. The van der Waals surface area contributed by atoms with Gasteiger partial charge in [0.1, 0.15) is 0 Å². The summed E-state index contributed by atoms with van der Waals surface area (Å²) in [6.07, 6.45) is 0. The van der Waals surface area contributed by atoms with Crippen LogP contribution in [0.25, 0.3) is 11.3 Å². The van der Waals surface area contributed by atoms with Crippen molar-refractivity contribution < 1.29 is 0 Å². The van der Waals surface area contributed by atoms with Crippen LogP contribution in [0.5, 0.6) is 0 Å². The third kappa shape index (κ3) is 2.13. The van der Waals surface area contributed by atoms with Crippen molar-refractivity contribution in [3.8, 4) is 11.3 Å². The van der Waals surface area contributed by atoms with E-state index in [0.29, 0.717) is 0 Å². The van der Waals surface area contributed by atoms with E-state index in [0.717, 1.165) is 16.8 Å². The largest absolute Gasteiger partial charge is 0.295 e. The zero-order valence-corrected chi connectivity index (χ0v) is 11.7. The Hall–Kier alpha value is -1.77. The Morgan fingerprint density at radius 3 is 2.06 bits per heavy atom. The van der Waals surface area contributed by atoms with Gasteiger partial charge in [-0.3, -0.25) is 14.6 Å². The van der Waals surface area contributed by atoms with Crippen molar-refractivity contribution in [1.82, 2.24) is 9.78 Å². The maximum atomic E-state index is 11.7. The van der Waals surface area contributed by atoms with Gasteiger partial charge in [-0.05, 0) is 23.5 Å². The number of nitrogens with zero attached hydrogens (tertiary/aromatic N) is 1. The molecule has 0 amide bonds. The molecular formula is C15H20N2O. The van der Waals surface area contributed by atoms with Crippen molar-refractivity contribution in [3.05, 3.63) is 45.7 Å². The molecule has 0 bridgehead atoms. The van der Waals surface area contributed by atoms with Crippen LogP contribution in [0.15, 0.2) is 29.1 Å². The van der Waals surface area contributed by atoms with Gasteiger partial charge >= 0.3 is 0 Å². The summed E-state index contributed by atoms with van der Waals surface area (Å²) >= 11 is 0. The molecule has 96 valence electrons. The molecule has 0 aliphatic carbocycles. The minimum absolute atomic E-state index is 0.0323. The molecular weight excluding hydrogens is 224 g/mol. The molecule has 0 saturated carbocycles. The molecule has 0 atom stereocenters. The lowest BCUT2D eigenvalue weighted by atomic mass is 9.86. The molecule has 1 heterocycles. The molecule has 2 aromatic rings. The van der Waals surface area contributed by atoms with Crippen molar-refractivity contribution in [1.29, 1.82) is 0 Å². The van der Waals surface area contributed by atoms with Gasteiger partial charge in [-0.2, -0.15) is 0 Å². The van der Waals surface area contributed by atoms with Crippen LogP contribution >= 0.6 is 0 Å². The molecule has 1 aromatic heterocycles. The summed E-state index contributed by atoms with van der Waals surface area (Å²) in [5.41, 5.74) is 4.20. The summed E-state index contributed by atoms with van der Waals surface area (Å²) in [4.78, 5) is 11.7. The Bertz CT molecular complexity index is 609. The highest BCUT2D eigenvalue weighted by atomic mass is 16.1. The van der Waals surface area contributed by atoms with E-state index in [1.807, 2.05) is 6.92 Å². The van der Waals surface area contributed by atoms with E-state index >= 15 is 0 Å². The van der Waals surface area contributed by atoms with Gasteiger partial charge < -0.3 is 0 Å². The van der Waals surface area contributed by atoms with Gasteiger partial charge in [0, 0.05) is 12.6 Å². The van der Waals surface area contributed by atoms with Crippen molar-refractivity contribution in [2.45, 2.75) is 33.1 Å². The molecule has 0 radical (unpaired) electrons.